The first-order chi connectivity index (χ1) is 24.3. The predicted molar refractivity (Wildman–Crippen MR) is 188 cm³/mol. The number of nitrogens with two attached hydrogens (primary N) is 1. The van der Waals surface area contributed by atoms with Crippen LogP contribution in [0.3, 0.4) is 0 Å². The lowest BCUT2D eigenvalue weighted by atomic mass is 10.0. The van der Waals surface area contributed by atoms with Crippen LogP contribution < -0.4 is 11.1 Å². The molecule has 4 aromatic rings. The largest absolute Gasteiger partial charge is 0.458 e. The summed E-state index contributed by atoms with van der Waals surface area (Å²) in [6.07, 6.45) is 0.793. The number of thioether (sulfide) groups is 1. The summed E-state index contributed by atoms with van der Waals surface area (Å²) >= 11 is 2.43. The normalized spacial score (nSPS) is 17.0. The Morgan fingerprint density at radius 2 is 1.66 bits per heavy atom. The summed E-state index contributed by atoms with van der Waals surface area (Å²) in [7, 11) is 0. The van der Waals surface area contributed by atoms with Crippen LogP contribution in [0.5, 0.6) is 0 Å². The monoisotopic (exact) mass is 709 g/mol. The molecule has 12 nitrogen and oxygen atoms in total. The number of fused-ring (bicyclic) bond motifs is 1. The van der Waals surface area contributed by atoms with Gasteiger partial charge in [0, 0.05) is 11.1 Å². The van der Waals surface area contributed by atoms with Crippen LogP contribution in [0.25, 0.3) is 0 Å². The molecule has 0 spiro atoms. The van der Waals surface area contributed by atoms with Gasteiger partial charge in [-0.15, -0.1) is 23.1 Å². The van der Waals surface area contributed by atoms with Crippen LogP contribution >= 0.6 is 23.1 Å². The Kier molecular flexibility index (Phi) is 10.7. The molecule has 0 bridgehead atoms. The highest BCUT2D eigenvalue weighted by molar-refractivity contribution is 8.00. The Hall–Kier alpha value is -5.73. The minimum absolute atomic E-state index is 0.0404. The van der Waals surface area contributed by atoms with Gasteiger partial charge >= 0.3 is 11.9 Å². The number of allylic oxidation sites excluding steroid dienone is 1. The van der Waals surface area contributed by atoms with Crippen LogP contribution in [0, 0.1) is 0 Å². The number of anilines is 1. The molecule has 3 N–H and O–H groups in total. The SMILES string of the molecule is C=CC1=C(C(=O)OC(c2ccccc2)c2ccccc2)N2C(=O)C(NC(=O)/C(=N/OCC(=O)OCc3ccccc3)c3csc(N)n3)[C@H]2SC1. The zero-order valence-electron chi connectivity index (χ0n) is 26.5. The third-order valence-electron chi connectivity index (χ3n) is 7.71. The Morgan fingerprint density at radius 3 is 2.26 bits per heavy atom. The van der Waals surface area contributed by atoms with Crippen molar-refractivity contribution in [2.24, 2.45) is 5.16 Å². The Morgan fingerprint density at radius 1 is 1.02 bits per heavy atom. The first-order valence-electron chi connectivity index (χ1n) is 15.4. The second-order valence-corrected chi connectivity index (χ2v) is 13.0. The molecule has 2 aliphatic rings. The highest BCUT2D eigenvalue weighted by Crippen LogP contribution is 2.42. The first-order valence-corrected chi connectivity index (χ1v) is 17.3. The maximum atomic E-state index is 13.9. The van der Waals surface area contributed by atoms with E-state index in [4.69, 9.17) is 20.0 Å². The molecule has 3 heterocycles. The number of esters is 2. The number of rotatable bonds is 13. The number of benzene rings is 3. The van der Waals surface area contributed by atoms with E-state index in [-0.39, 0.29) is 28.8 Å². The number of amides is 2. The smallest absolute Gasteiger partial charge is 0.356 e. The van der Waals surface area contributed by atoms with E-state index in [1.54, 1.807) is 12.1 Å². The minimum atomic E-state index is -1.02. The molecule has 0 radical (unpaired) electrons. The highest BCUT2D eigenvalue weighted by atomic mass is 32.2. The molecule has 254 valence electrons. The fourth-order valence-corrected chi connectivity index (χ4v) is 7.16. The Balaban J connectivity index is 1.15. The van der Waals surface area contributed by atoms with Crippen LogP contribution in [0.4, 0.5) is 5.13 Å². The van der Waals surface area contributed by atoms with Crippen molar-refractivity contribution in [3.05, 3.63) is 143 Å². The lowest BCUT2D eigenvalue weighted by Crippen LogP contribution is -2.71. The average Bonchev–Trinajstić information content (AvgIpc) is 3.59. The zero-order valence-corrected chi connectivity index (χ0v) is 28.1. The fraction of sp³-hybridized carbons (Fsp3) is 0.167. The zero-order chi connectivity index (χ0) is 35.0. The molecule has 50 heavy (non-hydrogen) atoms. The van der Waals surface area contributed by atoms with Gasteiger partial charge in [0.25, 0.3) is 11.8 Å². The second kappa shape index (κ2) is 15.7. The summed E-state index contributed by atoms with van der Waals surface area (Å²) in [6, 6.07) is 26.7. The number of hydrogen-bond donors (Lipinski definition) is 2. The van der Waals surface area contributed by atoms with Gasteiger partial charge in [0.15, 0.2) is 16.9 Å². The molecule has 2 atom stereocenters. The van der Waals surface area contributed by atoms with Gasteiger partial charge < -0.3 is 25.4 Å². The van der Waals surface area contributed by atoms with Gasteiger partial charge in [0.05, 0.1) is 0 Å². The van der Waals surface area contributed by atoms with Gasteiger partial charge in [-0.3, -0.25) is 14.5 Å². The molecule has 1 saturated heterocycles. The lowest BCUT2D eigenvalue weighted by molar-refractivity contribution is -0.154. The number of nitrogens with one attached hydrogen (secondary N) is 1. The topological polar surface area (TPSA) is 163 Å². The van der Waals surface area contributed by atoms with E-state index >= 15 is 0 Å². The summed E-state index contributed by atoms with van der Waals surface area (Å²) < 4.78 is 11.3. The van der Waals surface area contributed by atoms with E-state index < -0.39 is 47.9 Å². The van der Waals surface area contributed by atoms with E-state index in [1.807, 2.05) is 78.9 Å². The van der Waals surface area contributed by atoms with Gasteiger partial charge in [-0.25, -0.2) is 14.6 Å². The Bertz CT molecular complexity index is 1910. The quantitative estimate of drug-likeness (QED) is 0.0883. The predicted octanol–water partition coefficient (Wildman–Crippen LogP) is 4.36. The number of oxime groups is 1. The van der Waals surface area contributed by atoms with Crippen molar-refractivity contribution in [2.45, 2.75) is 24.1 Å². The highest BCUT2D eigenvalue weighted by Gasteiger charge is 2.54. The molecule has 2 amide bonds. The van der Waals surface area contributed by atoms with Gasteiger partial charge in [-0.2, -0.15) is 0 Å². The number of nitrogen functional groups attached to an aromatic ring is 1. The van der Waals surface area contributed by atoms with Crippen LogP contribution in [0.15, 0.2) is 125 Å². The number of carbonyl (C=O) groups excluding carboxylic acids is 4. The third kappa shape index (κ3) is 7.61. The molecule has 14 heteroatoms. The number of nitrogens with zero attached hydrogens (tertiary/aromatic N) is 3. The number of ether oxygens (including phenoxy) is 2. The number of carbonyl (C=O) groups is 4. The summed E-state index contributed by atoms with van der Waals surface area (Å²) in [4.78, 5) is 63.9. The molecule has 3 aromatic carbocycles. The summed E-state index contributed by atoms with van der Waals surface area (Å²) in [5.41, 5.74) is 8.50. The molecule has 2 aliphatic heterocycles. The van der Waals surface area contributed by atoms with Crippen molar-refractivity contribution in [3.8, 4) is 0 Å². The van der Waals surface area contributed by atoms with E-state index in [9.17, 15) is 19.2 Å². The third-order valence-corrected chi connectivity index (χ3v) is 9.69. The van der Waals surface area contributed by atoms with Gasteiger partial charge in [-0.1, -0.05) is 109 Å². The van der Waals surface area contributed by atoms with Crippen LogP contribution in [0.2, 0.25) is 0 Å². The van der Waals surface area contributed by atoms with Gasteiger partial charge in [0.1, 0.15) is 29.4 Å². The van der Waals surface area contributed by atoms with Crippen molar-refractivity contribution in [2.75, 3.05) is 18.1 Å². The van der Waals surface area contributed by atoms with Crippen LogP contribution in [0.1, 0.15) is 28.5 Å². The van der Waals surface area contributed by atoms with Crippen LogP contribution in [-0.4, -0.2) is 63.1 Å². The number of hydrogen-bond acceptors (Lipinski definition) is 12. The molecular weight excluding hydrogens is 679 g/mol. The standard InChI is InChI=1S/C36H31N5O7S2/c1-2-23-20-49-34-29(33(44)41(34)30(23)35(45)48-31(24-14-8-4-9-15-24)25-16-10-5-11-17-25)39-32(43)28(26-21-50-36(37)38-26)40-47-19-27(42)46-18-22-12-6-3-7-13-22/h2-17,21,29,31,34H,1,18-20H2,(H2,37,38)(H,39,43)/b40-28+/t29?,34-/m1/s1. The van der Waals surface area contributed by atoms with Crippen molar-refractivity contribution >= 4 is 57.7 Å². The summed E-state index contributed by atoms with van der Waals surface area (Å²) in [6.45, 7) is 3.31. The number of β-lactam (4-membered cyclic amide) rings is 1. The maximum Gasteiger partial charge on any atom is 0.356 e. The fourth-order valence-electron chi connectivity index (χ4n) is 5.28. The first kappa shape index (κ1) is 34.1. The van der Waals surface area contributed by atoms with Gasteiger partial charge in [0.2, 0.25) is 6.61 Å². The van der Waals surface area contributed by atoms with Crippen molar-refractivity contribution in [3.63, 3.8) is 0 Å². The number of thiazole rings is 1. The summed E-state index contributed by atoms with van der Waals surface area (Å²) in [5.74, 6) is -2.38. The summed E-state index contributed by atoms with van der Waals surface area (Å²) in [5, 5.41) is 7.60. The molecule has 6 rings (SSSR count). The molecular formula is C36H31N5O7S2. The molecule has 1 aromatic heterocycles. The molecule has 0 aliphatic carbocycles. The van der Waals surface area contributed by atoms with E-state index in [0.717, 1.165) is 28.0 Å². The van der Waals surface area contributed by atoms with E-state index in [2.05, 4.69) is 22.0 Å². The second-order valence-electron chi connectivity index (χ2n) is 11.0. The number of aromatic nitrogens is 1. The molecule has 1 fully saturated rings. The Labute approximate surface area is 295 Å². The van der Waals surface area contributed by atoms with Crippen molar-refractivity contribution in [1.29, 1.82) is 0 Å². The molecule has 0 saturated carbocycles. The van der Waals surface area contributed by atoms with Crippen molar-refractivity contribution < 1.29 is 33.5 Å². The van der Waals surface area contributed by atoms with Crippen molar-refractivity contribution in [1.82, 2.24) is 15.2 Å². The maximum absolute atomic E-state index is 13.9. The van der Waals surface area contributed by atoms with Crippen LogP contribution in [-0.2, 0) is 40.1 Å². The minimum Gasteiger partial charge on any atom is -0.458 e. The van der Waals surface area contributed by atoms with E-state index in [0.29, 0.717) is 11.3 Å². The lowest BCUT2D eigenvalue weighted by Gasteiger charge is -2.49. The van der Waals surface area contributed by atoms with E-state index in [1.165, 1.54) is 28.1 Å². The van der Waals surface area contributed by atoms with Gasteiger partial charge in [-0.05, 0) is 22.3 Å². The average molecular weight is 710 g/mol. The molecule has 1 unspecified atom stereocenters.